The number of imidazole rings is 1. The minimum Gasteiger partial charge on any atom is -0.341 e. The molecule has 1 aliphatic heterocycles. The van der Waals surface area contributed by atoms with Gasteiger partial charge in [0.1, 0.15) is 0 Å². The van der Waals surface area contributed by atoms with Gasteiger partial charge in [-0.2, -0.15) is 0 Å². The first kappa shape index (κ1) is 17.7. The summed E-state index contributed by atoms with van der Waals surface area (Å²) in [7, 11) is 2.02. The standard InChI is InChI=1S/C20H28N4O/c1-17-5-7-18(8-6-17)12-22(2)15-20(25)24-10-3-4-19(14-24)13-23-11-9-21-16-23/h5-9,11,16,19H,3-4,10,12-15H2,1-2H3/t19-/m1/s1. The van der Waals surface area contributed by atoms with Gasteiger partial charge in [-0.05, 0) is 38.3 Å². The molecule has 0 bridgehead atoms. The molecule has 1 aliphatic rings. The number of likely N-dealkylation sites (N-methyl/N-ethyl adjacent to an activating group) is 1. The Morgan fingerprint density at radius 2 is 2.12 bits per heavy atom. The summed E-state index contributed by atoms with van der Waals surface area (Å²) in [5.41, 5.74) is 2.51. The van der Waals surface area contributed by atoms with E-state index in [4.69, 9.17) is 0 Å². The second-order valence-corrected chi connectivity index (χ2v) is 7.27. The number of hydrogen-bond donors (Lipinski definition) is 0. The number of piperidine rings is 1. The van der Waals surface area contributed by atoms with Crippen LogP contribution in [0.1, 0.15) is 24.0 Å². The van der Waals surface area contributed by atoms with Gasteiger partial charge in [0.05, 0.1) is 12.9 Å². The molecule has 1 saturated heterocycles. The third kappa shape index (κ3) is 5.16. The quantitative estimate of drug-likeness (QED) is 0.811. The Kier molecular flexibility index (Phi) is 5.87. The minimum absolute atomic E-state index is 0.241. The lowest BCUT2D eigenvalue weighted by Gasteiger charge is -2.34. The molecular weight excluding hydrogens is 312 g/mol. The number of carbonyl (C=O) groups excluding carboxylic acids is 1. The van der Waals surface area contributed by atoms with Crippen molar-refractivity contribution in [3.8, 4) is 0 Å². The maximum absolute atomic E-state index is 12.7. The molecule has 5 nitrogen and oxygen atoms in total. The molecule has 0 spiro atoms. The summed E-state index contributed by atoms with van der Waals surface area (Å²) < 4.78 is 2.11. The normalized spacial score (nSPS) is 17.9. The SMILES string of the molecule is Cc1ccc(CN(C)CC(=O)N2CCC[C@H](Cn3ccnc3)C2)cc1. The van der Waals surface area contributed by atoms with Crippen LogP contribution in [0.3, 0.4) is 0 Å². The van der Waals surface area contributed by atoms with Gasteiger partial charge in [0.15, 0.2) is 0 Å². The number of aryl methyl sites for hydroxylation is 1. The summed E-state index contributed by atoms with van der Waals surface area (Å²) in [5.74, 6) is 0.763. The van der Waals surface area contributed by atoms with E-state index >= 15 is 0 Å². The third-order valence-corrected chi connectivity index (χ3v) is 4.88. The van der Waals surface area contributed by atoms with Gasteiger partial charge >= 0.3 is 0 Å². The zero-order chi connectivity index (χ0) is 17.6. The first-order valence-electron chi connectivity index (χ1n) is 9.08. The van der Waals surface area contributed by atoms with E-state index < -0.39 is 0 Å². The van der Waals surface area contributed by atoms with Crippen molar-refractivity contribution in [1.29, 1.82) is 0 Å². The Labute approximate surface area is 150 Å². The van der Waals surface area contributed by atoms with Crippen molar-refractivity contribution in [2.75, 3.05) is 26.7 Å². The molecule has 0 N–H and O–H groups in total. The van der Waals surface area contributed by atoms with E-state index in [0.717, 1.165) is 32.6 Å². The highest BCUT2D eigenvalue weighted by Gasteiger charge is 2.24. The van der Waals surface area contributed by atoms with Gasteiger partial charge in [0.2, 0.25) is 5.91 Å². The van der Waals surface area contributed by atoms with E-state index in [1.165, 1.54) is 17.5 Å². The van der Waals surface area contributed by atoms with E-state index in [0.29, 0.717) is 12.5 Å². The summed E-state index contributed by atoms with van der Waals surface area (Å²) >= 11 is 0. The number of rotatable bonds is 6. The number of amides is 1. The molecule has 0 radical (unpaired) electrons. The molecule has 2 heterocycles. The molecule has 1 aromatic carbocycles. The van der Waals surface area contributed by atoms with E-state index in [1.54, 1.807) is 0 Å². The van der Waals surface area contributed by atoms with Crippen LogP contribution in [0, 0.1) is 12.8 Å². The van der Waals surface area contributed by atoms with E-state index in [2.05, 4.69) is 45.6 Å². The summed E-state index contributed by atoms with van der Waals surface area (Å²) in [5, 5.41) is 0. The second-order valence-electron chi connectivity index (χ2n) is 7.27. The fourth-order valence-corrected chi connectivity index (χ4v) is 3.53. The Balaban J connectivity index is 1.48. The van der Waals surface area contributed by atoms with Crippen LogP contribution in [0.15, 0.2) is 43.0 Å². The Bertz CT molecular complexity index is 666. The van der Waals surface area contributed by atoms with Gasteiger partial charge in [-0.3, -0.25) is 9.69 Å². The fourth-order valence-electron chi connectivity index (χ4n) is 3.53. The Morgan fingerprint density at radius 3 is 2.84 bits per heavy atom. The molecule has 2 aromatic rings. The lowest BCUT2D eigenvalue weighted by molar-refractivity contribution is -0.134. The molecule has 1 amide bonds. The Morgan fingerprint density at radius 1 is 1.32 bits per heavy atom. The maximum Gasteiger partial charge on any atom is 0.236 e. The van der Waals surface area contributed by atoms with E-state index in [-0.39, 0.29) is 5.91 Å². The predicted octanol–water partition coefficient (Wildman–Crippen LogP) is 2.56. The lowest BCUT2D eigenvalue weighted by atomic mass is 9.98. The molecule has 0 unspecified atom stereocenters. The molecule has 3 rings (SSSR count). The minimum atomic E-state index is 0.241. The molecule has 1 fully saturated rings. The van der Waals surface area contributed by atoms with Gasteiger partial charge in [0, 0.05) is 38.6 Å². The van der Waals surface area contributed by atoms with Gasteiger partial charge in [-0.25, -0.2) is 4.98 Å². The molecular formula is C20H28N4O. The molecule has 25 heavy (non-hydrogen) atoms. The van der Waals surface area contributed by atoms with Crippen molar-refractivity contribution in [3.05, 3.63) is 54.1 Å². The molecule has 1 atom stereocenters. The average molecular weight is 340 g/mol. The van der Waals surface area contributed by atoms with E-state index in [1.807, 2.05) is 30.7 Å². The van der Waals surface area contributed by atoms with Gasteiger partial charge in [0.25, 0.3) is 0 Å². The van der Waals surface area contributed by atoms with Gasteiger partial charge in [-0.15, -0.1) is 0 Å². The van der Waals surface area contributed by atoms with Crippen LogP contribution in [0.4, 0.5) is 0 Å². The average Bonchev–Trinajstić information content (AvgIpc) is 3.10. The largest absolute Gasteiger partial charge is 0.341 e. The Hall–Kier alpha value is -2.14. The summed E-state index contributed by atoms with van der Waals surface area (Å²) in [6.07, 6.45) is 7.94. The van der Waals surface area contributed by atoms with Crippen LogP contribution in [0.2, 0.25) is 0 Å². The summed E-state index contributed by atoms with van der Waals surface area (Å²) in [6, 6.07) is 8.52. The van der Waals surface area contributed by atoms with Crippen molar-refractivity contribution >= 4 is 5.91 Å². The van der Waals surface area contributed by atoms with Gasteiger partial charge < -0.3 is 9.47 Å². The first-order chi connectivity index (χ1) is 12.1. The van der Waals surface area contributed by atoms with Gasteiger partial charge in [-0.1, -0.05) is 29.8 Å². The molecule has 5 heteroatoms. The van der Waals surface area contributed by atoms with Crippen LogP contribution >= 0.6 is 0 Å². The number of likely N-dealkylation sites (tertiary alicyclic amines) is 1. The van der Waals surface area contributed by atoms with Crippen molar-refractivity contribution in [2.45, 2.75) is 32.9 Å². The summed E-state index contributed by atoms with van der Waals surface area (Å²) in [6.45, 7) is 6.06. The fraction of sp³-hybridized carbons (Fsp3) is 0.500. The highest BCUT2D eigenvalue weighted by atomic mass is 16.2. The summed E-state index contributed by atoms with van der Waals surface area (Å²) in [4.78, 5) is 20.9. The highest BCUT2D eigenvalue weighted by molar-refractivity contribution is 5.78. The zero-order valence-corrected chi connectivity index (χ0v) is 15.3. The number of hydrogen-bond acceptors (Lipinski definition) is 3. The number of carbonyl (C=O) groups is 1. The molecule has 134 valence electrons. The monoisotopic (exact) mass is 340 g/mol. The van der Waals surface area contributed by atoms with Crippen LogP contribution in [0.5, 0.6) is 0 Å². The topological polar surface area (TPSA) is 41.4 Å². The van der Waals surface area contributed by atoms with Crippen molar-refractivity contribution < 1.29 is 4.79 Å². The van der Waals surface area contributed by atoms with Crippen LogP contribution in [-0.4, -0.2) is 51.9 Å². The van der Waals surface area contributed by atoms with E-state index in [9.17, 15) is 4.79 Å². The second kappa shape index (κ2) is 8.30. The number of nitrogens with zero attached hydrogens (tertiary/aromatic N) is 4. The van der Waals surface area contributed by atoms with Crippen molar-refractivity contribution in [1.82, 2.24) is 19.4 Å². The zero-order valence-electron chi connectivity index (χ0n) is 15.3. The van der Waals surface area contributed by atoms with Crippen LogP contribution < -0.4 is 0 Å². The highest BCUT2D eigenvalue weighted by Crippen LogP contribution is 2.18. The third-order valence-electron chi connectivity index (χ3n) is 4.88. The van der Waals surface area contributed by atoms with Crippen LogP contribution in [-0.2, 0) is 17.9 Å². The number of benzene rings is 1. The van der Waals surface area contributed by atoms with Crippen molar-refractivity contribution in [3.63, 3.8) is 0 Å². The predicted molar refractivity (Wildman–Crippen MR) is 99.0 cm³/mol. The first-order valence-corrected chi connectivity index (χ1v) is 9.08. The molecule has 1 aromatic heterocycles. The van der Waals surface area contributed by atoms with Crippen LogP contribution in [0.25, 0.3) is 0 Å². The maximum atomic E-state index is 12.7. The lowest BCUT2D eigenvalue weighted by Crippen LogP contribution is -2.45. The molecule has 0 saturated carbocycles. The molecule has 0 aliphatic carbocycles. The smallest absolute Gasteiger partial charge is 0.236 e. The van der Waals surface area contributed by atoms with Crippen molar-refractivity contribution in [2.24, 2.45) is 5.92 Å². The number of aromatic nitrogens is 2.